The summed E-state index contributed by atoms with van der Waals surface area (Å²) in [5, 5.41) is 10.7. The van der Waals surface area contributed by atoms with Gasteiger partial charge in [-0.2, -0.15) is 0 Å². The van der Waals surface area contributed by atoms with Crippen molar-refractivity contribution in [2.45, 2.75) is 43.6 Å². The Morgan fingerprint density at radius 2 is 2.30 bits per heavy atom. The Kier molecular flexibility index (Phi) is 6.86. The van der Waals surface area contributed by atoms with Crippen molar-refractivity contribution in [3.05, 3.63) is 44.3 Å². The van der Waals surface area contributed by atoms with Crippen molar-refractivity contribution in [1.29, 1.82) is 0 Å². The summed E-state index contributed by atoms with van der Waals surface area (Å²) in [4.78, 5) is 24.2. The molecule has 146 valence electrons. The molecular weight excluding hydrogens is 411 g/mol. The lowest BCUT2D eigenvalue weighted by atomic mass is 10.1. The van der Waals surface area contributed by atoms with Crippen molar-refractivity contribution in [2.24, 2.45) is 0 Å². The van der Waals surface area contributed by atoms with Gasteiger partial charge in [-0.1, -0.05) is 41.0 Å². The van der Waals surface area contributed by atoms with Gasteiger partial charge < -0.3 is 10.1 Å². The van der Waals surface area contributed by atoms with Gasteiger partial charge in [0.05, 0.1) is 34.5 Å². The first-order valence-corrected chi connectivity index (χ1v) is 10.3. The molecule has 2 aromatic rings. The minimum absolute atomic E-state index is 0.0168. The molecule has 0 spiro atoms. The third kappa shape index (κ3) is 5.28. The van der Waals surface area contributed by atoms with Crippen LogP contribution < -0.4 is 11.0 Å². The first-order chi connectivity index (χ1) is 12.9. The summed E-state index contributed by atoms with van der Waals surface area (Å²) in [5.41, 5.74) is 0.565. The molecule has 1 aliphatic rings. The monoisotopic (exact) mass is 430 g/mol. The lowest BCUT2D eigenvalue weighted by molar-refractivity contribution is -0.119. The van der Waals surface area contributed by atoms with E-state index in [1.807, 2.05) is 13.0 Å². The van der Waals surface area contributed by atoms with Gasteiger partial charge in [-0.3, -0.25) is 9.36 Å². The predicted octanol–water partition coefficient (Wildman–Crippen LogP) is 3.03. The second kappa shape index (κ2) is 9.14. The zero-order valence-corrected chi connectivity index (χ0v) is 17.0. The van der Waals surface area contributed by atoms with Crippen LogP contribution in [0, 0.1) is 0 Å². The SMILES string of the molecule is CC(NC(=O)CSc1n[nH]c(=O)n1CC1CCCO1)c1ccc(Cl)c(Cl)c1. The number of H-pyrrole nitrogens is 1. The van der Waals surface area contributed by atoms with Gasteiger partial charge in [0.1, 0.15) is 0 Å². The Balaban J connectivity index is 1.56. The van der Waals surface area contributed by atoms with E-state index in [1.165, 1.54) is 16.3 Å². The van der Waals surface area contributed by atoms with E-state index in [4.69, 9.17) is 27.9 Å². The summed E-state index contributed by atoms with van der Waals surface area (Å²) in [7, 11) is 0. The molecule has 2 atom stereocenters. The summed E-state index contributed by atoms with van der Waals surface area (Å²) >= 11 is 13.1. The molecule has 0 radical (unpaired) electrons. The molecule has 1 fully saturated rings. The van der Waals surface area contributed by atoms with Crippen molar-refractivity contribution < 1.29 is 9.53 Å². The number of thioether (sulfide) groups is 1. The van der Waals surface area contributed by atoms with E-state index >= 15 is 0 Å². The number of nitrogens with zero attached hydrogens (tertiary/aromatic N) is 2. The summed E-state index contributed by atoms with van der Waals surface area (Å²) < 4.78 is 7.10. The maximum Gasteiger partial charge on any atom is 0.344 e. The first kappa shape index (κ1) is 20.3. The fourth-order valence-electron chi connectivity index (χ4n) is 2.84. The van der Waals surface area contributed by atoms with Gasteiger partial charge in [0, 0.05) is 6.61 Å². The van der Waals surface area contributed by atoms with Crippen LogP contribution >= 0.6 is 35.0 Å². The topological polar surface area (TPSA) is 89.0 Å². The smallest absolute Gasteiger partial charge is 0.344 e. The zero-order valence-electron chi connectivity index (χ0n) is 14.7. The minimum Gasteiger partial charge on any atom is -0.376 e. The molecule has 1 aliphatic heterocycles. The summed E-state index contributed by atoms with van der Waals surface area (Å²) in [5.74, 6) is -0.0285. The fourth-order valence-corrected chi connectivity index (χ4v) is 3.92. The Morgan fingerprint density at radius 1 is 1.48 bits per heavy atom. The number of aromatic nitrogens is 3. The standard InChI is InChI=1S/C17H20Cl2N4O3S/c1-10(11-4-5-13(18)14(19)7-11)20-15(24)9-27-17-22-21-16(25)23(17)8-12-3-2-6-26-12/h4-5,7,10,12H,2-3,6,8-9H2,1H3,(H,20,24)(H,21,25). The van der Waals surface area contributed by atoms with Gasteiger partial charge in [0.2, 0.25) is 5.91 Å². The third-order valence-electron chi connectivity index (χ3n) is 4.29. The molecule has 1 aromatic heterocycles. The highest BCUT2D eigenvalue weighted by atomic mass is 35.5. The number of carbonyl (C=O) groups excluding carboxylic acids is 1. The van der Waals surface area contributed by atoms with Crippen LogP contribution in [0.1, 0.15) is 31.4 Å². The Bertz CT molecular complexity index is 864. The predicted molar refractivity (Wildman–Crippen MR) is 106 cm³/mol. The molecule has 7 nitrogen and oxygen atoms in total. The van der Waals surface area contributed by atoms with Gasteiger partial charge in [0.15, 0.2) is 5.16 Å². The molecule has 10 heteroatoms. The zero-order chi connectivity index (χ0) is 19.4. The van der Waals surface area contributed by atoms with Crippen LogP contribution in [-0.4, -0.2) is 39.1 Å². The van der Waals surface area contributed by atoms with Crippen LogP contribution in [0.15, 0.2) is 28.2 Å². The van der Waals surface area contributed by atoms with Crippen molar-refractivity contribution in [2.75, 3.05) is 12.4 Å². The van der Waals surface area contributed by atoms with Gasteiger partial charge in [0.25, 0.3) is 0 Å². The van der Waals surface area contributed by atoms with E-state index in [0.717, 1.165) is 25.0 Å². The second-order valence-electron chi connectivity index (χ2n) is 6.31. The van der Waals surface area contributed by atoms with Crippen LogP contribution in [0.4, 0.5) is 0 Å². The summed E-state index contributed by atoms with van der Waals surface area (Å²) in [6.07, 6.45) is 1.93. The Morgan fingerprint density at radius 3 is 3.00 bits per heavy atom. The normalized spacial score (nSPS) is 17.8. The number of carbonyl (C=O) groups is 1. The fraction of sp³-hybridized carbons (Fsp3) is 0.471. The van der Waals surface area contributed by atoms with Crippen molar-refractivity contribution >= 4 is 40.9 Å². The molecule has 0 aliphatic carbocycles. The average Bonchev–Trinajstić information content (AvgIpc) is 3.27. The van der Waals surface area contributed by atoms with Gasteiger partial charge in [-0.25, -0.2) is 9.89 Å². The number of nitrogens with one attached hydrogen (secondary N) is 2. The Hall–Kier alpha value is -1.48. The highest BCUT2D eigenvalue weighted by molar-refractivity contribution is 7.99. The van der Waals surface area contributed by atoms with Crippen molar-refractivity contribution in [3.63, 3.8) is 0 Å². The number of amides is 1. The highest BCUT2D eigenvalue weighted by Gasteiger charge is 2.20. The van der Waals surface area contributed by atoms with E-state index in [0.29, 0.717) is 21.7 Å². The lowest BCUT2D eigenvalue weighted by Gasteiger charge is -2.15. The number of halogens is 2. The quantitative estimate of drug-likeness (QED) is 0.658. The Labute approximate surface area is 170 Å². The van der Waals surface area contributed by atoms with Crippen LogP contribution in [0.3, 0.4) is 0 Å². The number of rotatable bonds is 7. The van der Waals surface area contributed by atoms with Gasteiger partial charge >= 0.3 is 5.69 Å². The largest absolute Gasteiger partial charge is 0.376 e. The van der Waals surface area contributed by atoms with E-state index in [9.17, 15) is 9.59 Å². The third-order valence-corrected chi connectivity index (χ3v) is 6.00. The van der Waals surface area contributed by atoms with Crippen LogP contribution in [0.25, 0.3) is 0 Å². The number of hydrogen-bond acceptors (Lipinski definition) is 5. The number of ether oxygens (including phenoxy) is 1. The molecular formula is C17H20Cl2N4O3S. The number of aromatic amines is 1. The average molecular weight is 431 g/mol. The van der Waals surface area contributed by atoms with Crippen LogP contribution in [0.5, 0.6) is 0 Å². The van der Waals surface area contributed by atoms with Crippen LogP contribution in [0.2, 0.25) is 10.0 Å². The number of hydrogen-bond donors (Lipinski definition) is 2. The maximum absolute atomic E-state index is 12.3. The molecule has 1 aromatic carbocycles. The summed E-state index contributed by atoms with van der Waals surface area (Å²) in [6, 6.07) is 5.03. The van der Waals surface area contributed by atoms with E-state index in [2.05, 4.69) is 15.5 Å². The molecule has 2 N–H and O–H groups in total. The maximum atomic E-state index is 12.3. The lowest BCUT2D eigenvalue weighted by Crippen LogP contribution is -2.29. The molecule has 2 unspecified atom stereocenters. The van der Waals surface area contributed by atoms with E-state index in [1.54, 1.807) is 12.1 Å². The summed E-state index contributed by atoms with van der Waals surface area (Å²) in [6.45, 7) is 3.03. The molecule has 1 amide bonds. The van der Waals surface area contributed by atoms with Crippen molar-refractivity contribution in [1.82, 2.24) is 20.1 Å². The van der Waals surface area contributed by atoms with Gasteiger partial charge in [-0.05, 0) is 37.5 Å². The molecule has 0 saturated carbocycles. The molecule has 0 bridgehead atoms. The van der Waals surface area contributed by atoms with E-state index < -0.39 is 0 Å². The molecule has 1 saturated heterocycles. The van der Waals surface area contributed by atoms with E-state index in [-0.39, 0.29) is 29.5 Å². The molecule has 27 heavy (non-hydrogen) atoms. The highest BCUT2D eigenvalue weighted by Crippen LogP contribution is 2.25. The van der Waals surface area contributed by atoms with Crippen molar-refractivity contribution in [3.8, 4) is 0 Å². The molecule has 3 rings (SSSR count). The first-order valence-electron chi connectivity index (χ1n) is 8.58. The van der Waals surface area contributed by atoms with Crippen LogP contribution in [-0.2, 0) is 16.1 Å². The second-order valence-corrected chi connectivity index (χ2v) is 8.07. The van der Waals surface area contributed by atoms with Gasteiger partial charge in [-0.15, -0.1) is 5.10 Å². The molecule has 2 heterocycles. The number of benzene rings is 1. The minimum atomic E-state index is -0.294.